The summed E-state index contributed by atoms with van der Waals surface area (Å²) >= 11 is 0. The number of hydrogen-bond donors (Lipinski definition) is 1. The Balaban J connectivity index is 1.44. The van der Waals surface area contributed by atoms with Crippen molar-refractivity contribution in [1.82, 2.24) is 15.1 Å². The van der Waals surface area contributed by atoms with Crippen LogP contribution in [0.3, 0.4) is 0 Å². The summed E-state index contributed by atoms with van der Waals surface area (Å²) in [5, 5.41) is 3.46. The van der Waals surface area contributed by atoms with E-state index in [4.69, 9.17) is 14.2 Å². The molecule has 5 rings (SSSR count). The number of anilines is 2. The van der Waals surface area contributed by atoms with Crippen LogP contribution in [0.25, 0.3) is 0 Å². The van der Waals surface area contributed by atoms with Crippen molar-refractivity contribution >= 4 is 35.2 Å². The fraction of sp³-hybridized carbons (Fsp3) is 0.744. The predicted octanol–water partition coefficient (Wildman–Crippen LogP) is 5.22. The van der Waals surface area contributed by atoms with Crippen molar-refractivity contribution in [1.29, 1.82) is 0 Å². The van der Waals surface area contributed by atoms with Gasteiger partial charge in [0, 0.05) is 63.7 Å². The molecule has 0 bridgehead atoms. The van der Waals surface area contributed by atoms with Crippen molar-refractivity contribution in [2.45, 2.75) is 116 Å². The Morgan fingerprint density at radius 2 is 1.75 bits per heavy atom. The number of hydrogen-bond acceptors (Lipinski definition) is 8. The number of piperidine rings is 2. The average molecular weight is 712 g/mol. The molecule has 51 heavy (non-hydrogen) atoms. The van der Waals surface area contributed by atoms with E-state index in [1.807, 2.05) is 43.9 Å². The highest BCUT2D eigenvalue weighted by Gasteiger charge is 2.46. The van der Waals surface area contributed by atoms with Gasteiger partial charge < -0.3 is 39.1 Å². The van der Waals surface area contributed by atoms with Gasteiger partial charge in [0.15, 0.2) is 5.60 Å². The number of carbonyl (C=O) groups excluding carboxylic acids is 4. The molecule has 1 aromatic carbocycles. The number of fused-ring (bicyclic) bond motifs is 1. The first kappa shape index (κ1) is 38.8. The topological polar surface area (TPSA) is 121 Å². The zero-order valence-electron chi connectivity index (χ0n) is 32.4. The smallest absolute Gasteiger partial charge is 0.410 e. The lowest BCUT2D eigenvalue weighted by Gasteiger charge is -2.44. The number of ether oxygens (including phenoxy) is 3. The summed E-state index contributed by atoms with van der Waals surface area (Å²) in [7, 11) is 3.74. The molecule has 3 aliphatic heterocycles. The minimum absolute atomic E-state index is 0.00754. The Kier molecular flexibility index (Phi) is 11.7. The van der Waals surface area contributed by atoms with Crippen LogP contribution < -0.4 is 19.9 Å². The molecule has 12 heteroatoms. The van der Waals surface area contributed by atoms with Gasteiger partial charge in [-0.25, -0.2) is 4.79 Å². The molecule has 284 valence electrons. The molecule has 4 aliphatic rings. The van der Waals surface area contributed by atoms with Crippen molar-refractivity contribution in [3.63, 3.8) is 0 Å². The largest absolute Gasteiger partial charge is 0.476 e. The molecule has 3 fully saturated rings. The van der Waals surface area contributed by atoms with Crippen molar-refractivity contribution in [3.05, 3.63) is 18.2 Å². The zero-order chi connectivity index (χ0) is 37.3. The van der Waals surface area contributed by atoms with Gasteiger partial charge in [0.05, 0.1) is 17.5 Å². The third kappa shape index (κ3) is 9.35. The van der Waals surface area contributed by atoms with Crippen LogP contribution in [-0.2, 0) is 23.9 Å². The molecule has 3 heterocycles. The Labute approximate surface area is 304 Å². The first-order valence-electron chi connectivity index (χ1n) is 18.9. The van der Waals surface area contributed by atoms with E-state index in [-0.39, 0.29) is 42.4 Å². The Hall–Kier alpha value is -3.38. The van der Waals surface area contributed by atoms with E-state index < -0.39 is 29.1 Å². The molecule has 2 saturated heterocycles. The van der Waals surface area contributed by atoms with Crippen LogP contribution in [0.4, 0.5) is 16.2 Å². The van der Waals surface area contributed by atoms with E-state index >= 15 is 0 Å². The van der Waals surface area contributed by atoms with E-state index in [0.29, 0.717) is 49.0 Å². The van der Waals surface area contributed by atoms with Crippen molar-refractivity contribution < 1.29 is 33.4 Å². The van der Waals surface area contributed by atoms with Crippen LogP contribution in [0.2, 0.25) is 0 Å². The molecular weight excluding hydrogens is 650 g/mol. The minimum Gasteiger partial charge on any atom is -0.476 e. The number of methoxy groups -OCH3 is 1. The Bertz CT molecular complexity index is 1440. The molecule has 1 aliphatic carbocycles. The maximum atomic E-state index is 14.7. The third-order valence-electron chi connectivity index (χ3n) is 10.5. The van der Waals surface area contributed by atoms with Crippen LogP contribution in [0.5, 0.6) is 5.75 Å². The summed E-state index contributed by atoms with van der Waals surface area (Å²) in [6, 6.07) is 5.58. The average Bonchev–Trinajstić information content (AvgIpc) is 3.88. The molecule has 4 amide bonds. The van der Waals surface area contributed by atoms with E-state index in [1.165, 1.54) is 0 Å². The molecule has 2 atom stereocenters. The van der Waals surface area contributed by atoms with Crippen LogP contribution in [0.1, 0.15) is 93.4 Å². The monoisotopic (exact) mass is 711 g/mol. The van der Waals surface area contributed by atoms with Crippen LogP contribution in [0.15, 0.2) is 18.2 Å². The molecule has 1 N–H and O–H groups in total. The number of rotatable bonds is 11. The zero-order valence-corrected chi connectivity index (χ0v) is 32.4. The second-order valence-electron chi connectivity index (χ2n) is 17.2. The third-order valence-corrected chi connectivity index (χ3v) is 10.5. The summed E-state index contributed by atoms with van der Waals surface area (Å²) in [5.74, 6) is -0.596. The maximum absolute atomic E-state index is 14.7. The lowest BCUT2D eigenvalue weighted by molar-refractivity contribution is -0.133. The van der Waals surface area contributed by atoms with Gasteiger partial charge in [-0.1, -0.05) is 13.8 Å². The lowest BCUT2D eigenvalue weighted by atomic mass is 9.79. The molecule has 0 spiro atoms. The second kappa shape index (κ2) is 15.3. The lowest BCUT2D eigenvalue weighted by Crippen LogP contribution is -2.59. The first-order chi connectivity index (χ1) is 23.9. The highest BCUT2D eigenvalue weighted by atomic mass is 16.6. The van der Waals surface area contributed by atoms with Gasteiger partial charge in [0.2, 0.25) is 11.8 Å². The number of nitrogens with one attached hydrogen (secondary N) is 1. The van der Waals surface area contributed by atoms with Crippen LogP contribution in [-0.4, -0.2) is 110 Å². The van der Waals surface area contributed by atoms with Crippen LogP contribution >= 0.6 is 0 Å². The SMILES string of the molecule is COCCCN1C(=O)C(C)(C)Oc2ccc(N(C(=O)[C@@H]3C[C@H](C(=O)NC4(CC(C)C)CCN(C)CC4)CN(C(=O)OC(C)(C)C)C3)C3CC3)cc21. The molecule has 12 nitrogen and oxygen atoms in total. The van der Waals surface area contributed by atoms with Gasteiger partial charge in [-0.15, -0.1) is 0 Å². The summed E-state index contributed by atoms with van der Waals surface area (Å²) in [6.07, 6.45) is 4.74. The molecular formula is C39H61N5O7. The van der Waals surface area contributed by atoms with Gasteiger partial charge in [0.25, 0.3) is 5.91 Å². The highest BCUT2D eigenvalue weighted by Crippen LogP contribution is 2.43. The van der Waals surface area contributed by atoms with Crippen LogP contribution in [0, 0.1) is 17.8 Å². The number of carbonyl (C=O) groups is 4. The quantitative estimate of drug-likeness (QED) is 0.311. The van der Waals surface area contributed by atoms with E-state index in [9.17, 15) is 19.2 Å². The van der Waals surface area contributed by atoms with Gasteiger partial charge in [0.1, 0.15) is 11.4 Å². The number of likely N-dealkylation sites (tertiary alicyclic amines) is 2. The molecule has 0 aromatic heterocycles. The van der Waals surface area contributed by atoms with E-state index in [2.05, 4.69) is 31.1 Å². The Morgan fingerprint density at radius 1 is 1.08 bits per heavy atom. The molecule has 1 aromatic rings. The molecule has 1 saturated carbocycles. The maximum Gasteiger partial charge on any atom is 0.410 e. The number of amides is 4. The number of nitrogens with zero attached hydrogens (tertiary/aromatic N) is 4. The normalized spacial score (nSPS) is 23.4. The molecule has 0 radical (unpaired) electrons. The van der Waals surface area contributed by atoms with Crippen molar-refractivity contribution in [2.75, 3.05) is 63.3 Å². The predicted molar refractivity (Wildman–Crippen MR) is 197 cm³/mol. The fourth-order valence-corrected chi connectivity index (χ4v) is 7.86. The highest BCUT2D eigenvalue weighted by molar-refractivity contribution is 6.04. The van der Waals surface area contributed by atoms with Crippen molar-refractivity contribution in [3.8, 4) is 5.75 Å². The van der Waals surface area contributed by atoms with Gasteiger partial charge >= 0.3 is 6.09 Å². The standard InChI is InChI=1S/C39H61N5O7/c1-26(2)23-39(15-18-41(8)19-16-39)40-33(45)27-21-28(25-42(24-27)36(48)51-37(3,4)5)34(46)44(29-11-12-29)30-13-14-32-31(22-30)43(17-10-20-49-9)35(47)38(6,7)50-32/h13-14,22,26-29H,10-12,15-21,23-25H2,1-9H3,(H,40,45)/t27-,28+/m0/s1. The van der Waals surface area contributed by atoms with Gasteiger partial charge in [-0.05, 0) is 111 Å². The first-order valence-corrected chi connectivity index (χ1v) is 18.9. The Morgan fingerprint density at radius 3 is 2.35 bits per heavy atom. The molecule has 0 unspecified atom stereocenters. The van der Waals surface area contributed by atoms with Gasteiger partial charge in [-0.3, -0.25) is 14.4 Å². The summed E-state index contributed by atoms with van der Waals surface area (Å²) in [4.78, 5) is 63.5. The second-order valence-corrected chi connectivity index (χ2v) is 17.2. The van der Waals surface area contributed by atoms with Crippen molar-refractivity contribution in [2.24, 2.45) is 17.8 Å². The number of benzene rings is 1. The van der Waals surface area contributed by atoms with Gasteiger partial charge in [-0.2, -0.15) is 0 Å². The van der Waals surface area contributed by atoms with E-state index in [0.717, 1.165) is 45.2 Å². The summed E-state index contributed by atoms with van der Waals surface area (Å²) in [6.45, 7) is 16.4. The fourth-order valence-electron chi connectivity index (χ4n) is 7.86. The summed E-state index contributed by atoms with van der Waals surface area (Å²) in [5.41, 5.74) is -0.786. The summed E-state index contributed by atoms with van der Waals surface area (Å²) < 4.78 is 17.2. The van der Waals surface area contributed by atoms with E-state index in [1.54, 1.807) is 30.8 Å². The minimum atomic E-state index is -1.03.